The van der Waals surface area contributed by atoms with Crippen LogP contribution in [-0.4, -0.2) is 19.1 Å². The van der Waals surface area contributed by atoms with Gasteiger partial charge < -0.3 is 4.57 Å². The van der Waals surface area contributed by atoms with Gasteiger partial charge in [0.05, 0.1) is 22.1 Å². The number of aromatic nitrogens is 4. The van der Waals surface area contributed by atoms with Crippen molar-refractivity contribution in [2.24, 2.45) is 0 Å². The Bertz CT molecular complexity index is 1820. The molecule has 0 radical (unpaired) electrons. The van der Waals surface area contributed by atoms with Crippen LogP contribution in [0.25, 0.3) is 55.1 Å². The summed E-state index contributed by atoms with van der Waals surface area (Å²) in [5, 5.41) is 5.17. The zero-order valence-electron chi connectivity index (χ0n) is 17.8. The first-order chi connectivity index (χ1) is 16.7. The first kappa shape index (κ1) is 19.6. The average molecular weight is 479 g/mol. The zero-order valence-corrected chi connectivity index (χ0v) is 19.3. The van der Waals surface area contributed by atoms with E-state index in [9.17, 15) is 0 Å². The largest absolute Gasteiger partial charge is 0.309 e. The van der Waals surface area contributed by atoms with E-state index >= 15 is 0 Å². The highest BCUT2D eigenvalue weighted by Crippen LogP contribution is 2.36. The van der Waals surface area contributed by atoms with Crippen molar-refractivity contribution in [2.45, 2.75) is 0 Å². The second kappa shape index (κ2) is 7.32. The van der Waals surface area contributed by atoms with Crippen molar-refractivity contribution >= 4 is 66.8 Å². The number of hydrogen-bond donors (Lipinski definition) is 0. The minimum atomic E-state index is 0.121. The molecule has 4 aromatic carbocycles. The van der Waals surface area contributed by atoms with Gasteiger partial charge in [0.1, 0.15) is 11.0 Å². The first-order valence-corrected chi connectivity index (χ1v) is 11.7. The van der Waals surface area contributed by atoms with E-state index in [0.717, 1.165) is 27.5 Å². The molecule has 0 saturated carbocycles. The van der Waals surface area contributed by atoms with Crippen molar-refractivity contribution in [1.29, 1.82) is 0 Å². The molecule has 0 fully saturated rings. The lowest BCUT2D eigenvalue weighted by Crippen LogP contribution is -1.99. The molecule has 0 bridgehead atoms. The van der Waals surface area contributed by atoms with Gasteiger partial charge in [0.15, 0.2) is 0 Å². The van der Waals surface area contributed by atoms with Gasteiger partial charge in [0, 0.05) is 33.3 Å². The molecule has 7 aromatic rings. The van der Waals surface area contributed by atoms with Gasteiger partial charge in [-0.1, -0.05) is 66.2 Å². The Labute approximate surface area is 204 Å². The number of nitrogens with zero attached hydrogens (tertiary/aromatic N) is 4. The van der Waals surface area contributed by atoms with Gasteiger partial charge in [0.2, 0.25) is 5.28 Å². The standard InChI is InChI=1S/C28H16Cl2N4/c29-26-16-27(32-28(30)31-26)34-24-12-6-3-9-20(24)21-15-17(13-14-25(21)34)33-22-10-4-1-7-18(22)19-8-2-5-11-23(19)33/h1-16H. The van der Waals surface area contributed by atoms with E-state index in [1.54, 1.807) is 6.07 Å². The molecule has 34 heavy (non-hydrogen) atoms. The molecule has 3 heterocycles. The smallest absolute Gasteiger partial charge is 0.225 e. The van der Waals surface area contributed by atoms with E-state index < -0.39 is 0 Å². The fourth-order valence-corrected chi connectivity index (χ4v) is 5.44. The van der Waals surface area contributed by atoms with Crippen molar-refractivity contribution in [3.8, 4) is 11.5 Å². The zero-order chi connectivity index (χ0) is 22.8. The van der Waals surface area contributed by atoms with Crippen LogP contribution in [0.2, 0.25) is 10.4 Å². The van der Waals surface area contributed by atoms with Crippen molar-refractivity contribution in [2.75, 3.05) is 0 Å². The maximum Gasteiger partial charge on any atom is 0.225 e. The van der Waals surface area contributed by atoms with Gasteiger partial charge in [-0.2, -0.15) is 4.98 Å². The molecule has 3 aromatic heterocycles. The maximum absolute atomic E-state index is 6.22. The van der Waals surface area contributed by atoms with Crippen molar-refractivity contribution in [1.82, 2.24) is 19.1 Å². The van der Waals surface area contributed by atoms with Crippen LogP contribution < -0.4 is 0 Å². The fraction of sp³-hybridized carbons (Fsp3) is 0. The Kier molecular flexibility index (Phi) is 4.22. The minimum Gasteiger partial charge on any atom is -0.309 e. The molecular formula is C28H16Cl2N4. The number of para-hydroxylation sites is 3. The lowest BCUT2D eigenvalue weighted by molar-refractivity contribution is 1.04. The Morgan fingerprint density at radius 3 is 1.65 bits per heavy atom. The van der Waals surface area contributed by atoms with E-state index in [4.69, 9.17) is 23.2 Å². The van der Waals surface area contributed by atoms with E-state index in [-0.39, 0.29) is 5.28 Å². The first-order valence-electron chi connectivity index (χ1n) is 10.9. The SMILES string of the molecule is Clc1cc(-n2c3ccccc3c3cc(-n4c5ccccc5c5ccccc54)ccc32)nc(Cl)n1. The Morgan fingerprint density at radius 2 is 1.03 bits per heavy atom. The highest BCUT2D eigenvalue weighted by atomic mass is 35.5. The molecule has 0 saturated heterocycles. The normalized spacial score (nSPS) is 11.8. The van der Waals surface area contributed by atoms with Gasteiger partial charge in [0.25, 0.3) is 0 Å². The van der Waals surface area contributed by atoms with Crippen LogP contribution in [0.1, 0.15) is 0 Å². The molecule has 0 aliphatic heterocycles. The Morgan fingerprint density at radius 1 is 0.500 bits per heavy atom. The third-order valence-electron chi connectivity index (χ3n) is 6.38. The number of rotatable bonds is 2. The van der Waals surface area contributed by atoms with E-state index in [1.165, 1.54) is 21.8 Å². The summed E-state index contributed by atoms with van der Waals surface area (Å²) in [5.41, 5.74) is 5.52. The summed E-state index contributed by atoms with van der Waals surface area (Å²) in [6.07, 6.45) is 0. The van der Waals surface area contributed by atoms with Crippen LogP contribution >= 0.6 is 23.2 Å². The van der Waals surface area contributed by atoms with E-state index in [0.29, 0.717) is 11.0 Å². The summed E-state index contributed by atoms with van der Waals surface area (Å²) < 4.78 is 4.41. The minimum absolute atomic E-state index is 0.121. The lowest BCUT2D eigenvalue weighted by Gasteiger charge is -2.10. The molecule has 0 amide bonds. The van der Waals surface area contributed by atoms with Crippen molar-refractivity contribution < 1.29 is 0 Å². The van der Waals surface area contributed by atoms with Gasteiger partial charge in [-0.25, -0.2) is 4.98 Å². The van der Waals surface area contributed by atoms with E-state index in [1.807, 2.05) is 6.07 Å². The van der Waals surface area contributed by atoms with Crippen LogP contribution in [0, 0.1) is 0 Å². The summed E-state index contributed by atoms with van der Waals surface area (Å²) in [7, 11) is 0. The monoisotopic (exact) mass is 478 g/mol. The predicted molar refractivity (Wildman–Crippen MR) is 141 cm³/mol. The second-order valence-corrected chi connectivity index (χ2v) is 8.97. The molecule has 0 aliphatic rings. The number of fused-ring (bicyclic) bond motifs is 6. The van der Waals surface area contributed by atoms with Crippen LogP contribution in [0.3, 0.4) is 0 Å². The van der Waals surface area contributed by atoms with Gasteiger partial charge >= 0.3 is 0 Å². The topological polar surface area (TPSA) is 35.6 Å². The third-order valence-corrected chi connectivity index (χ3v) is 6.74. The predicted octanol–water partition coefficient (Wildman–Crippen LogP) is 7.98. The second-order valence-electron chi connectivity index (χ2n) is 8.24. The molecule has 6 heteroatoms. The van der Waals surface area contributed by atoms with Crippen LogP contribution in [0.15, 0.2) is 97.1 Å². The number of hydrogen-bond acceptors (Lipinski definition) is 2. The summed E-state index contributed by atoms with van der Waals surface area (Å²) in [6.45, 7) is 0. The summed E-state index contributed by atoms with van der Waals surface area (Å²) in [4.78, 5) is 8.47. The molecular weight excluding hydrogens is 463 g/mol. The molecule has 0 N–H and O–H groups in total. The molecule has 4 nitrogen and oxygen atoms in total. The molecule has 0 aliphatic carbocycles. The van der Waals surface area contributed by atoms with Crippen molar-refractivity contribution in [3.05, 3.63) is 107 Å². The van der Waals surface area contributed by atoms with Gasteiger partial charge in [-0.3, -0.25) is 4.57 Å². The molecule has 0 unspecified atom stereocenters. The highest BCUT2D eigenvalue weighted by molar-refractivity contribution is 6.32. The summed E-state index contributed by atoms with van der Waals surface area (Å²) in [6, 6.07) is 33.6. The third kappa shape index (κ3) is 2.79. The molecule has 7 rings (SSSR count). The van der Waals surface area contributed by atoms with Crippen LogP contribution in [-0.2, 0) is 0 Å². The number of benzene rings is 4. The lowest BCUT2D eigenvalue weighted by atomic mass is 10.1. The fourth-order valence-electron chi connectivity index (χ4n) is 5.04. The molecule has 0 spiro atoms. The number of halogens is 2. The van der Waals surface area contributed by atoms with Crippen LogP contribution in [0.4, 0.5) is 0 Å². The Hall–Kier alpha value is -3.86. The highest BCUT2D eigenvalue weighted by Gasteiger charge is 2.17. The van der Waals surface area contributed by atoms with Gasteiger partial charge in [-0.15, -0.1) is 0 Å². The van der Waals surface area contributed by atoms with E-state index in [2.05, 4.69) is 104 Å². The Balaban J connectivity index is 1.58. The summed E-state index contributed by atoms with van der Waals surface area (Å²) in [5.74, 6) is 0.640. The van der Waals surface area contributed by atoms with Crippen LogP contribution in [0.5, 0.6) is 0 Å². The van der Waals surface area contributed by atoms with Gasteiger partial charge in [-0.05, 0) is 48.0 Å². The summed E-state index contributed by atoms with van der Waals surface area (Å²) >= 11 is 12.4. The van der Waals surface area contributed by atoms with Crippen molar-refractivity contribution in [3.63, 3.8) is 0 Å². The molecule has 162 valence electrons. The average Bonchev–Trinajstić information content (AvgIpc) is 3.36. The quantitative estimate of drug-likeness (QED) is 0.186. The maximum atomic E-state index is 6.22. The molecule has 0 atom stereocenters.